The van der Waals surface area contributed by atoms with Crippen molar-refractivity contribution in [3.8, 4) is 11.8 Å². The molecule has 1 N–H and O–H groups in total. The Labute approximate surface area is 152 Å². The molecule has 0 saturated heterocycles. The van der Waals surface area contributed by atoms with Crippen LogP contribution < -0.4 is 10.3 Å². The lowest BCUT2D eigenvalue weighted by molar-refractivity contribution is 0.0597. The quantitative estimate of drug-likeness (QED) is 0.732. The molecule has 2 rings (SSSR count). The van der Waals surface area contributed by atoms with Gasteiger partial charge in [0.1, 0.15) is 30.1 Å². The van der Waals surface area contributed by atoms with Crippen LogP contribution in [-0.4, -0.2) is 35.5 Å². The van der Waals surface area contributed by atoms with Crippen molar-refractivity contribution in [2.45, 2.75) is 12.6 Å². The molecule has 8 heteroatoms. The highest BCUT2D eigenvalue weighted by Crippen LogP contribution is 2.17. The van der Waals surface area contributed by atoms with Gasteiger partial charge in [-0.1, -0.05) is 22.0 Å². The van der Waals surface area contributed by atoms with Gasteiger partial charge in [-0.05, 0) is 24.3 Å². The molecule has 0 fully saturated rings. The van der Waals surface area contributed by atoms with Crippen LogP contribution >= 0.6 is 15.9 Å². The zero-order valence-corrected chi connectivity index (χ0v) is 14.9. The predicted molar refractivity (Wildman–Crippen MR) is 92.4 cm³/mol. The first kappa shape index (κ1) is 18.7. The number of methoxy groups -OCH3 is 1. The van der Waals surface area contributed by atoms with E-state index in [4.69, 9.17) is 10.00 Å². The summed E-state index contributed by atoms with van der Waals surface area (Å²) >= 11 is 3.31. The Bertz CT molecular complexity index is 872. The number of hydrogen-bond donors (Lipinski definition) is 1. The fourth-order valence-corrected chi connectivity index (χ4v) is 2.49. The average molecular weight is 407 g/mol. The van der Waals surface area contributed by atoms with Gasteiger partial charge in [0.05, 0.1) is 19.2 Å². The highest BCUT2D eigenvalue weighted by Gasteiger charge is 2.15. The van der Waals surface area contributed by atoms with E-state index in [0.29, 0.717) is 5.75 Å². The maximum atomic E-state index is 12.1. The summed E-state index contributed by atoms with van der Waals surface area (Å²) in [7, 11) is 1.20. The monoisotopic (exact) mass is 406 g/mol. The van der Waals surface area contributed by atoms with Crippen molar-refractivity contribution < 1.29 is 19.4 Å². The standard InChI is InChI=1S/C17H15BrN2O5/c1-24-17(23)12-5-11(7-19)16(22)20(8-12)9-14(21)10-25-15-4-2-3-13(18)6-15/h2-6,8,14,21H,9-10H2,1H3/t14-/m0/s1. The fourth-order valence-electron chi connectivity index (χ4n) is 2.11. The third kappa shape index (κ3) is 4.92. The number of nitrogens with zero attached hydrogens (tertiary/aromatic N) is 2. The van der Waals surface area contributed by atoms with Gasteiger partial charge in [0, 0.05) is 10.7 Å². The molecule has 7 nitrogen and oxygen atoms in total. The highest BCUT2D eigenvalue weighted by atomic mass is 79.9. The van der Waals surface area contributed by atoms with Gasteiger partial charge in [-0.2, -0.15) is 5.26 Å². The van der Waals surface area contributed by atoms with Gasteiger partial charge in [-0.25, -0.2) is 4.79 Å². The van der Waals surface area contributed by atoms with Crippen LogP contribution in [0.15, 0.2) is 45.8 Å². The summed E-state index contributed by atoms with van der Waals surface area (Å²) in [5.41, 5.74) is -0.751. The number of carbonyl (C=O) groups excluding carboxylic acids is 1. The van der Waals surface area contributed by atoms with Gasteiger partial charge in [-0.3, -0.25) is 4.79 Å². The third-order valence-electron chi connectivity index (χ3n) is 3.27. The SMILES string of the molecule is COC(=O)c1cc(C#N)c(=O)n(C[C@H](O)COc2cccc(Br)c2)c1. The number of aromatic nitrogens is 1. The van der Waals surface area contributed by atoms with Crippen LogP contribution in [0.4, 0.5) is 0 Å². The molecule has 0 amide bonds. The van der Waals surface area contributed by atoms with Gasteiger partial charge < -0.3 is 19.1 Å². The number of aliphatic hydroxyl groups excluding tert-OH is 1. The smallest absolute Gasteiger partial charge is 0.339 e. The van der Waals surface area contributed by atoms with Crippen molar-refractivity contribution in [1.29, 1.82) is 5.26 Å². The van der Waals surface area contributed by atoms with E-state index in [2.05, 4.69) is 20.7 Å². The third-order valence-corrected chi connectivity index (χ3v) is 3.77. The minimum Gasteiger partial charge on any atom is -0.491 e. The van der Waals surface area contributed by atoms with Crippen molar-refractivity contribution in [2.75, 3.05) is 13.7 Å². The molecule has 2 aromatic rings. The Kier molecular flexibility index (Phi) is 6.33. The van der Waals surface area contributed by atoms with Crippen molar-refractivity contribution in [3.05, 3.63) is 62.5 Å². The highest BCUT2D eigenvalue weighted by molar-refractivity contribution is 9.10. The first-order valence-electron chi connectivity index (χ1n) is 7.24. The number of halogens is 1. The second-order valence-corrected chi connectivity index (χ2v) is 6.04. The summed E-state index contributed by atoms with van der Waals surface area (Å²) < 4.78 is 12.0. The van der Waals surface area contributed by atoms with Crippen LogP contribution in [0.2, 0.25) is 0 Å². The largest absolute Gasteiger partial charge is 0.491 e. The average Bonchev–Trinajstić information content (AvgIpc) is 2.61. The van der Waals surface area contributed by atoms with Crippen LogP contribution in [0.1, 0.15) is 15.9 Å². The second-order valence-electron chi connectivity index (χ2n) is 5.13. The maximum absolute atomic E-state index is 12.1. The molecule has 0 aliphatic carbocycles. The van der Waals surface area contributed by atoms with Crippen molar-refractivity contribution >= 4 is 21.9 Å². The van der Waals surface area contributed by atoms with Crippen molar-refractivity contribution in [1.82, 2.24) is 4.57 Å². The second kappa shape index (κ2) is 8.46. The molecule has 130 valence electrons. The van der Waals surface area contributed by atoms with E-state index in [1.54, 1.807) is 24.3 Å². The molecular formula is C17H15BrN2O5. The van der Waals surface area contributed by atoms with Gasteiger partial charge in [0.15, 0.2) is 0 Å². The number of hydrogen-bond acceptors (Lipinski definition) is 6. The summed E-state index contributed by atoms with van der Waals surface area (Å²) in [6.07, 6.45) is 0.230. The van der Waals surface area contributed by atoms with E-state index in [9.17, 15) is 14.7 Å². The lowest BCUT2D eigenvalue weighted by atomic mass is 10.2. The minimum atomic E-state index is -1.02. The molecule has 0 saturated carbocycles. The Hall–Kier alpha value is -2.63. The molecule has 1 atom stereocenters. The summed E-state index contributed by atoms with van der Waals surface area (Å²) in [4.78, 5) is 23.8. The maximum Gasteiger partial charge on any atom is 0.339 e. The summed E-state index contributed by atoms with van der Waals surface area (Å²) in [6, 6.07) is 9.99. The van der Waals surface area contributed by atoms with Crippen molar-refractivity contribution in [3.63, 3.8) is 0 Å². The molecule has 0 spiro atoms. The molecule has 0 bridgehead atoms. The van der Waals surface area contributed by atoms with E-state index in [1.807, 2.05) is 6.07 Å². The molecule has 0 unspecified atom stereocenters. The number of ether oxygens (including phenoxy) is 2. The zero-order chi connectivity index (χ0) is 18.4. The number of pyridine rings is 1. The van der Waals surface area contributed by atoms with Crippen LogP contribution in [0.3, 0.4) is 0 Å². The molecule has 1 aromatic carbocycles. The molecule has 1 aromatic heterocycles. The Balaban J connectivity index is 2.14. The Morgan fingerprint density at radius 1 is 1.44 bits per heavy atom. The number of esters is 1. The zero-order valence-electron chi connectivity index (χ0n) is 13.3. The topological polar surface area (TPSA) is 102 Å². The van der Waals surface area contributed by atoms with E-state index in [-0.39, 0.29) is 24.3 Å². The normalized spacial score (nSPS) is 11.4. The van der Waals surface area contributed by atoms with E-state index >= 15 is 0 Å². The number of carbonyl (C=O) groups is 1. The lowest BCUT2D eigenvalue weighted by Gasteiger charge is -2.15. The fraction of sp³-hybridized carbons (Fsp3) is 0.235. The van der Waals surface area contributed by atoms with E-state index in [1.165, 1.54) is 13.3 Å². The van der Waals surface area contributed by atoms with Gasteiger partial charge in [-0.15, -0.1) is 0 Å². The first-order chi connectivity index (χ1) is 11.9. The Morgan fingerprint density at radius 3 is 2.84 bits per heavy atom. The van der Waals surface area contributed by atoms with Crippen molar-refractivity contribution in [2.24, 2.45) is 0 Å². The van der Waals surface area contributed by atoms with Crippen LogP contribution in [-0.2, 0) is 11.3 Å². The molecular weight excluding hydrogens is 392 g/mol. The summed E-state index contributed by atoms with van der Waals surface area (Å²) in [6.45, 7) is -0.195. The minimum absolute atomic E-state index is 0.0544. The van der Waals surface area contributed by atoms with E-state index < -0.39 is 17.6 Å². The summed E-state index contributed by atoms with van der Waals surface area (Å²) in [5, 5.41) is 19.1. The molecule has 0 aliphatic heterocycles. The van der Waals surface area contributed by atoms with Gasteiger partial charge in [0.25, 0.3) is 5.56 Å². The van der Waals surface area contributed by atoms with E-state index in [0.717, 1.165) is 15.1 Å². The molecule has 0 radical (unpaired) electrons. The molecule has 0 aliphatic rings. The van der Waals surface area contributed by atoms with Crippen LogP contribution in [0, 0.1) is 11.3 Å². The lowest BCUT2D eigenvalue weighted by Crippen LogP contribution is -2.32. The van der Waals surface area contributed by atoms with Gasteiger partial charge >= 0.3 is 5.97 Å². The van der Waals surface area contributed by atoms with Gasteiger partial charge in [0.2, 0.25) is 0 Å². The number of benzene rings is 1. The summed E-state index contributed by atoms with van der Waals surface area (Å²) in [5.74, 6) is -0.119. The predicted octanol–water partition coefficient (Wildman–Crippen LogP) is 1.71. The van der Waals surface area contributed by atoms with Crippen LogP contribution in [0.25, 0.3) is 0 Å². The number of aliphatic hydroxyl groups is 1. The molecule has 1 heterocycles. The Morgan fingerprint density at radius 2 is 2.20 bits per heavy atom. The van der Waals surface area contributed by atoms with Crippen LogP contribution in [0.5, 0.6) is 5.75 Å². The molecule has 25 heavy (non-hydrogen) atoms. The number of nitriles is 1. The number of rotatable bonds is 6. The first-order valence-corrected chi connectivity index (χ1v) is 8.03.